The molecule has 3 nitrogen and oxygen atoms in total. The minimum atomic E-state index is -0.0467. The molecule has 25 heavy (non-hydrogen) atoms. The van der Waals surface area contributed by atoms with Gasteiger partial charge in [0.05, 0.1) is 12.6 Å². The molecule has 0 bridgehead atoms. The van der Waals surface area contributed by atoms with Crippen LogP contribution >= 0.6 is 0 Å². The van der Waals surface area contributed by atoms with E-state index in [1.54, 1.807) is 0 Å². The number of carbonyl (C=O) groups excluding carboxylic acids is 1. The lowest BCUT2D eigenvalue weighted by molar-refractivity contribution is -0.132. The molecular weight excluding hydrogens is 308 g/mol. The molecule has 2 aromatic rings. The summed E-state index contributed by atoms with van der Waals surface area (Å²) in [5.41, 5.74) is 2.30. The van der Waals surface area contributed by atoms with Gasteiger partial charge in [0.1, 0.15) is 0 Å². The van der Waals surface area contributed by atoms with Crippen molar-refractivity contribution in [3.05, 3.63) is 71.8 Å². The summed E-state index contributed by atoms with van der Waals surface area (Å²) in [5, 5.41) is 0. The van der Waals surface area contributed by atoms with Crippen molar-refractivity contribution < 1.29 is 4.79 Å². The molecule has 3 rings (SSSR count). The third-order valence-electron chi connectivity index (χ3n) is 5.03. The van der Waals surface area contributed by atoms with Gasteiger partial charge in [0.2, 0.25) is 5.91 Å². The Morgan fingerprint density at radius 2 is 1.52 bits per heavy atom. The second-order valence-electron chi connectivity index (χ2n) is 7.00. The molecule has 0 atom stereocenters. The normalized spacial score (nSPS) is 14.1. The Labute approximate surface area is 151 Å². The zero-order valence-electron chi connectivity index (χ0n) is 15.3. The Balaban J connectivity index is 1.78. The van der Waals surface area contributed by atoms with Crippen LogP contribution in [0.1, 0.15) is 36.9 Å². The van der Waals surface area contributed by atoms with Gasteiger partial charge in [0.25, 0.3) is 0 Å². The third kappa shape index (κ3) is 4.70. The van der Waals surface area contributed by atoms with Gasteiger partial charge in [-0.15, -0.1) is 0 Å². The van der Waals surface area contributed by atoms with Gasteiger partial charge < -0.3 is 4.90 Å². The lowest BCUT2D eigenvalue weighted by Gasteiger charge is -2.31. The first kappa shape index (κ1) is 17.7. The van der Waals surface area contributed by atoms with Crippen molar-refractivity contribution in [2.24, 2.45) is 5.92 Å². The first-order chi connectivity index (χ1) is 12.2. The van der Waals surface area contributed by atoms with Crippen LogP contribution in [-0.4, -0.2) is 42.4 Å². The number of hydrogen-bond donors (Lipinski definition) is 0. The number of rotatable bonds is 8. The summed E-state index contributed by atoms with van der Waals surface area (Å²) in [4.78, 5) is 17.2. The van der Waals surface area contributed by atoms with Crippen LogP contribution in [-0.2, 0) is 4.79 Å². The number of likely N-dealkylation sites (N-methyl/N-ethyl adjacent to an activating group) is 2. The lowest BCUT2D eigenvalue weighted by atomic mass is 9.97. The average molecular weight is 336 g/mol. The number of benzene rings is 2. The SMILES string of the molecule is CCN(CC(=O)N(C)C(c1ccccc1)c1ccccc1)CC1CC1. The van der Waals surface area contributed by atoms with Crippen LogP contribution in [0.25, 0.3) is 0 Å². The van der Waals surface area contributed by atoms with E-state index in [-0.39, 0.29) is 11.9 Å². The number of hydrogen-bond acceptors (Lipinski definition) is 2. The van der Waals surface area contributed by atoms with E-state index < -0.39 is 0 Å². The van der Waals surface area contributed by atoms with Crippen molar-refractivity contribution in [1.82, 2.24) is 9.80 Å². The van der Waals surface area contributed by atoms with Crippen molar-refractivity contribution in [1.29, 1.82) is 0 Å². The molecule has 2 aromatic carbocycles. The monoisotopic (exact) mass is 336 g/mol. The van der Waals surface area contributed by atoms with Crippen molar-refractivity contribution >= 4 is 5.91 Å². The number of carbonyl (C=O) groups is 1. The van der Waals surface area contributed by atoms with Crippen LogP contribution in [0.5, 0.6) is 0 Å². The largest absolute Gasteiger partial charge is 0.334 e. The molecule has 0 unspecified atom stereocenters. The first-order valence-electron chi connectivity index (χ1n) is 9.27. The van der Waals surface area contributed by atoms with Gasteiger partial charge in [0, 0.05) is 13.6 Å². The Hall–Kier alpha value is -2.13. The smallest absolute Gasteiger partial charge is 0.237 e. The molecule has 0 aromatic heterocycles. The molecule has 3 heteroatoms. The molecule has 1 amide bonds. The van der Waals surface area contributed by atoms with E-state index in [1.807, 2.05) is 48.3 Å². The van der Waals surface area contributed by atoms with Gasteiger partial charge in [0.15, 0.2) is 0 Å². The second-order valence-corrected chi connectivity index (χ2v) is 7.00. The van der Waals surface area contributed by atoms with E-state index in [0.29, 0.717) is 6.54 Å². The first-order valence-corrected chi connectivity index (χ1v) is 9.27. The van der Waals surface area contributed by atoms with Crippen molar-refractivity contribution in [3.63, 3.8) is 0 Å². The predicted molar refractivity (Wildman–Crippen MR) is 102 cm³/mol. The standard InChI is InChI=1S/C22H28N2O/c1-3-24(16-18-14-15-18)17-21(25)23(2)22(19-10-6-4-7-11-19)20-12-8-5-9-13-20/h4-13,18,22H,3,14-17H2,1-2H3. The molecular formula is C22H28N2O. The minimum absolute atomic E-state index is 0.0467. The fourth-order valence-electron chi connectivity index (χ4n) is 3.33. The second kappa shape index (κ2) is 8.30. The molecule has 0 radical (unpaired) electrons. The minimum Gasteiger partial charge on any atom is -0.334 e. The summed E-state index contributed by atoms with van der Waals surface area (Å²) in [7, 11) is 1.93. The summed E-state index contributed by atoms with van der Waals surface area (Å²) in [6.07, 6.45) is 2.63. The maximum Gasteiger partial charge on any atom is 0.237 e. The van der Waals surface area contributed by atoms with E-state index in [4.69, 9.17) is 0 Å². The molecule has 1 aliphatic rings. The zero-order chi connectivity index (χ0) is 17.6. The quantitative estimate of drug-likeness (QED) is 0.728. The Morgan fingerprint density at radius 1 is 1.00 bits per heavy atom. The van der Waals surface area contributed by atoms with Crippen LogP contribution in [0.2, 0.25) is 0 Å². The fraction of sp³-hybridized carbons (Fsp3) is 0.409. The molecule has 1 aliphatic carbocycles. The van der Waals surface area contributed by atoms with Crippen molar-refractivity contribution in [3.8, 4) is 0 Å². The highest BCUT2D eigenvalue weighted by molar-refractivity contribution is 5.79. The highest BCUT2D eigenvalue weighted by Crippen LogP contribution is 2.30. The topological polar surface area (TPSA) is 23.6 Å². The van der Waals surface area contributed by atoms with Gasteiger partial charge in [-0.2, -0.15) is 0 Å². The van der Waals surface area contributed by atoms with Gasteiger partial charge in [-0.25, -0.2) is 0 Å². The molecule has 0 aliphatic heterocycles. The highest BCUT2D eigenvalue weighted by Gasteiger charge is 2.27. The molecule has 0 spiro atoms. The molecule has 1 saturated carbocycles. The zero-order valence-corrected chi connectivity index (χ0v) is 15.3. The van der Waals surface area contributed by atoms with E-state index in [9.17, 15) is 4.79 Å². The van der Waals surface area contributed by atoms with E-state index in [0.717, 1.165) is 30.1 Å². The van der Waals surface area contributed by atoms with E-state index in [1.165, 1.54) is 12.8 Å². The van der Waals surface area contributed by atoms with Crippen LogP contribution in [0, 0.1) is 5.92 Å². The number of nitrogens with zero attached hydrogens (tertiary/aromatic N) is 2. The summed E-state index contributed by atoms with van der Waals surface area (Å²) in [6, 6.07) is 20.5. The maximum absolute atomic E-state index is 13.0. The predicted octanol–water partition coefficient (Wildman–Crippen LogP) is 3.97. The van der Waals surface area contributed by atoms with Gasteiger partial charge in [-0.05, 0) is 36.4 Å². The van der Waals surface area contributed by atoms with Crippen LogP contribution in [0.4, 0.5) is 0 Å². The van der Waals surface area contributed by atoms with Crippen LogP contribution in [0.3, 0.4) is 0 Å². The van der Waals surface area contributed by atoms with Crippen LogP contribution < -0.4 is 0 Å². The molecule has 0 N–H and O–H groups in total. The lowest BCUT2D eigenvalue weighted by Crippen LogP contribution is -2.41. The van der Waals surface area contributed by atoms with Gasteiger partial charge >= 0.3 is 0 Å². The fourth-order valence-corrected chi connectivity index (χ4v) is 3.33. The van der Waals surface area contributed by atoms with Gasteiger partial charge in [-0.3, -0.25) is 9.69 Å². The van der Waals surface area contributed by atoms with E-state index in [2.05, 4.69) is 36.1 Å². The summed E-state index contributed by atoms with van der Waals surface area (Å²) >= 11 is 0. The van der Waals surface area contributed by atoms with E-state index >= 15 is 0 Å². The van der Waals surface area contributed by atoms with Crippen molar-refractivity contribution in [2.45, 2.75) is 25.8 Å². The maximum atomic E-state index is 13.0. The Morgan fingerprint density at radius 3 is 1.96 bits per heavy atom. The molecule has 0 heterocycles. The third-order valence-corrected chi connectivity index (χ3v) is 5.03. The molecule has 1 fully saturated rings. The summed E-state index contributed by atoms with van der Waals surface area (Å²) < 4.78 is 0. The van der Waals surface area contributed by atoms with Gasteiger partial charge in [-0.1, -0.05) is 67.6 Å². The Kier molecular flexibility index (Phi) is 5.87. The average Bonchev–Trinajstić information content (AvgIpc) is 3.47. The molecule has 0 saturated heterocycles. The Bertz CT molecular complexity index is 627. The summed E-state index contributed by atoms with van der Waals surface area (Å²) in [6.45, 7) is 4.62. The number of amides is 1. The highest BCUT2D eigenvalue weighted by atomic mass is 16.2. The van der Waals surface area contributed by atoms with Crippen LogP contribution in [0.15, 0.2) is 60.7 Å². The summed E-state index contributed by atoms with van der Waals surface area (Å²) in [5.74, 6) is 0.984. The van der Waals surface area contributed by atoms with Crippen molar-refractivity contribution in [2.75, 3.05) is 26.7 Å². The molecule has 132 valence electrons.